The second kappa shape index (κ2) is 11.8. The van der Waals surface area contributed by atoms with E-state index in [1.54, 1.807) is 11.3 Å². The van der Waals surface area contributed by atoms with E-state index in [0.29, 0.717) is 17.5 Å². The van der Waals surface area contributed by atoms with Crippen molar-refractivity contribution in [2.45, 2.75) is 0 Å². The maximum atomic E-state index is 6.38. The summed E-state index contributed by atoms with van der Waals surface area (Å²) in [5.41, 5.74) is 9.79. The fourth-order valence-electron chi connectivity index (χ4n) is 7.39. The van der Waals surface area contributed by atoms with E-state index >= 15 is 0 Å². The second-order valence-corrected chi connectivity index (χ2v) is 14.1. The minimum absolute atomic E-state index is 0.567. The lowest BCUT2D eigenvalue weighted by Gasteiger charge is -2.09. The molecule has 11 rings (SSSR count). The van der Waals surface area contributed by atoms with E-state index in [0.717, 1.165) is 76.1 Å². The van der Waals surface area contributed by atoms with Crippen molar-refractivity contribution >= 4 is 65.3 Å². The smallest absolute Gasteiger partial charge is 0.195 e. The zero-order chi connectivity index (χ0) is 34.9. The Morgan fingerprint density at radius 1 is 0.434 bits per heavy atom. The molecule has 7 aromatic carbocycles. The molecular formula is C46H27N5OS. The summed E-state index contributed by atoms with van der Waals surface area (Å²) in [5.74, 6) is 1.78. The van der Waals surface area contributed by atoms with Crippen LogP contribution in [0.4, 0.5) is 0 Å². The van der Waals surface area contributed by atoms with Gasteiger partial charge in [0.2, 0.25) is 0 Å². The third-order valence-electron chi connectivity index (χ3n) is 9.94. The van der Waals surface area contributed by atoms with Crippen molar-refractivity contribution in [3.8, 4) is 50.4 Å². The average molecular weight is 698 g/mol. The third kappa shape index (κ3) is 4.86. The van der Waals surface area contributed by atoms with E-state index in [9.17, 15) is 0 Å². The van der Waals surface area contributed by atoms with Gasteiger partial charge in [0.1, 0.15) is 11.2 Å². The second-order valence-electron chi connectivity index (χ2n) is 13.1. The molecule has 248 valence electrons. The molecule has 0 aliphatic heterocycles. The van der Waals surface area contributed by atoms with Crippen LogP contribution in [0.5, 0.6) is 0 Å². The van der Waals surface area contributed by atoms with Crippen molar-refractivity contribution in [2.75, 3.05) is 0 Å². The number of benzene rings is 7. The highest BCUT2D eigenvalue weighted by atomic mass is 32.1. The summed E-state index contributed by atoms with van der Waals surface area (Å²) in [4.78, 5) is 20.1. The molecule has 0 fully saturated rings. The summed E-state index contributed by atoms with van der Waals surface area (Å²) in [6.45, 7) is 0. The molecule has 0 atom stereocenters. The van der Waals surface area contributed by atoms with Crippen LogP contribution in [-0.4, -0.2) is 24.5 Å². The zero-order valence-electron chi connectivity index (χ0n) is 28.1. The van der Waals surface area contributed by atoms with Crippen LogP contribution >= 0.6 is 11.3 Å². The highest BCUT2D eigenvalue weighted by Crippen LogP contribution is 2.38. The summed E-state index contributed by atoms with van der Waals surface area (Å²) < 4.78 is 9.80. The summed E-state index contributed by atoms with van der Waals surface area (Å²) in [5, 5.41) is 5.53. The monoisotopic (exact) mass is 697 g/mol. The Balaban J connectivity index is 0.987. The van der Waals surface area contributed by atoms with Crippen molar-refractivity contribution < 1.29 is 4.42 Å². The maximum Gasteiger partial charge on any atom is 0.195 e. The highest BCUT2D eigenvalue weighted by Gasteiger charge is 2.19. The molecule has 0 saturated carbocycles. The van der Waals surface area contributed by atoms with E-state index in [1.807, 2.05) is 60.7 Å². The molecule has 0 amide bonds. The van der Waals surface area contributed by atoms with Gasteiger partial charge in [0.05, 0.1) is 26.8 Å². The van der Waals surface area contributed by atoms with Crippen LogP contribution in [0.25, 0.3) is 104 Å². The largest absolute Gasteiger partial charge is 0.455 e. The number of para-hydroxylation sites is 4. The van der Waals surface area contributed by atoms with Crippen molar-refractivity contribution in [1.29, 1.82) is 0 Å². The normalized spacial score (nSPS) is 11.8. The van der Waals surface area contributed by atoms with Crippen LogP contribution < -0.4 is 0 Å². The molecule has 53 heavy (non-hydrogen) atoms. The molecular weight excluding hydrogens is 671 g/mol. The van der Waals surface area contributed by atoms with Crippen LogP contribution in [-0.2, 0) is 0 Å². The van der Waals surface area contributed by atoms with Gasteiger partial charge in [-0.2, -0.15) is 0 Å². The van der Waals surface area contributed by atoms with Crippen LogP contribution in [0, 0.1) is 0 Å². The van der Waals surface area contributed by atoms with Gasteiger partial charge in [-0.3, -0.25) is 4.57 Å². The number of thiazole rings is 1. The van der Waals surface area contributed by atoms with Crippen molar-refractivity contribution in [3.05, 3.63) is 164 Å². The Labute approximate surface area is 307 Å². The Morgan fingerprint density at radius 2 is 1.02 bits per heavy atom. The van der Waals surface area contributed by atoms with Gasteiger partial charge in [-0.05, 0) is 47.5 Å². The zero-order valence-corrected chi connectivity index (χ0v) is 29.0. The molecule has 0 spiro atoms. The minimum atomic E-state index is 0.567. The topological polar surface area (TPSA) is 69.6 Å². The van der Waals surface area contributed by atoms with E-state index in [4.69, 9.17) is 24.4 Å². The molecule has 7 heteroatoms. The molecule has 0 unspecified atom stereocenters. The van der Waals surface area contributed by atoms with Gasteiger partial charge in [0, 0.05) is 32.7 Å². The van der Waals surface area contributed by atoms with Crippen LogP contribution in [0.2, 0.25) is 0 Å². The Kier molecular flexibility index (Phi) is 6.62. The fraction of sp³-hybridized carbons (Fsp3) is 0. The summed E-state index contributed by atoms with van der Waals surface area (Å²) in [6.07, 6.45) is 0. The molecule has 0 radical (unpaired) electrons. The van der Waals surface area contributed by atoms with Gasteiger partial charge in [-0.25, -0.2) is 19.9 Å². The van der Waals surface area contributed by atoms with Crippen molar-refractivity contribution in [2.24, 2.45) is 0 Å². The summed E-state index contributed by atoms with van der Waals surface area (Å²) in [6, 6.07) is 56.3. The van der Waals surface area contributed by atoms with Gasteiger partial charge in [0.25, 0.3) is 0 Å². The van der Waals surface area contributed by atoms with Crippen LogP contribution in [0.15, 0.2) is 168 Å². The predicted molar refractivity (Wildman–Crippen MR) is 216 cm³/mol. The Bertz CT molecular complexity index is 3120. The molecule has 0 aliphatic rings. The number of aromatic nitrogens is 5. The first-order chi connectivity index (χ1) is 26.2. The molecule has 4 aromatic heterocycles. The van der Waals surface area contributed by atoms with Gasteiger partial charge < -0.3 is 4.42 Å². The standard InChI is InChI=1S/C46H27N5OS/c1-2-11-29(12-3-1)43-48-44(50-45(49-43)36-17-10-16-35-34-15-6-9-20-40(34)52-42(35)36)30-23-21-28(22-24-30)31-25-26-37-41(27-31)53-46(47-37)51-38-18-7-4-13-32(38)33-14-5-8-19-39(33)51/h1-27H. The van der Waals surface area contributed by atoms with Gasteiger partial charge in [-0.15, -0.1) is 0 Å². The summed E-state index contributed by atoms with van der Waals surface area (Å²) >= 11 is 1.71. The number of nitrogens with zero attached hydrogens (tertiary/aromatic N) is 5. The highest BCUT2D eigenvalue weighted by molar-refractivity contribution is 7.20. The quantitative estimate of drug-likeness (QED) is 0.179. The number of hydrogen-bond donors (Lipinski definition) is 0. The fourth-order valence-corrected chi connectivity index (χ4v) is 8.43. The molecule has 4 heterocycles. The maximum absolute atomic E-state index is 6.38. The SMILES string of the molecule is c1ccc(-c2nc(-c3ccc(-c4ccc5nc(-n6c7ccccc7c7ccccc76)sc5c4)cc3)nc(-c3cccc4c3oc3ccccc34)n2)cc1. The molecule has 6 nitrogen and oxygen atoms in total. The van der Waals surface area contributed by atoms with Crippen molar-refractivity contribution in [1.82, 2.24) is 24.5 Å². The van der Waals surface area contributed by atoms with Gasteiger partial charge in [-0.1, -0.05) is 139 Å². The first-order valence-electron chi connectivity index (χ1n) is 17.5. The molecule has 0 saturated heterocycles. The number of rotatable bonds is 5. The Hall–Kier alpha value is -6.96. The number of furan rings is 1. The first kappa shape index (κ1) is 29.7. The van der Waals surface area contributed by atoms with E-state index in [-0.39, 0.29) is 0 Å². The van der Waals surface area contributed by atoms with E-state index in [1.165, 1.54) is 10.8 Å². The van der Waals surface area contributed by atoms with Gasteiger partial charge >= 0.3 is 0 Å². The average Bonchev–Trinajstić information content (AvgIpc) is 3.92. The van der Waals surface area contributed by atoms with E-state index < -0.39 is 0 Å². The minimum Gasteiger partial charge on any atom is -0.455 e. The van der Waals surface area contributed by atoms with Gasteiger partial charge in [0.15, 0.2) is 22.6 Å². The molecule has 0 aliphatic carbocycles. The lowest BCUT2D eigenvalue weighted by atomic mass is 10.0. The molecule has 0 bridgehead atoms. The van der Waals surface area contributed by atoms with Crippen LogP contribution in [0.3, 0.4) is 0 Å². The molecule has 0 N–H and O–H groups in total. The lowest BCUT2D eigenvalue weighted by molar-refractivity contribution is 0.669. The molecule has 11 aromatic rings. The predicted octanol–water partition coefficient (Wildman–Crippen LogP) is 12.1. The number of hydrogen-bond acceptors (Lipinski definition) is 6. The van der Waals surface area contributed by atoms with Crippen molar-refractivity contribution in [3.63, 3.8) is 0 Å². The first-order valence-corrected chi connectivity index (χ1v) is 18.3. The lowest BCUT2D eigenvalue weighted by Crippen LogP contribution is -2.00. The third-order valence-corrected chi connectivity index (χ3v) is 10.9. The van der Waals surface area contributed by atoms with Crippen LogP contribution in [0.1, 0.15) is 0 Å². The Morgan fingerprint density at radius 3 is 1.77 bits per heavy atom. The summed E-state index contributed by atoms with van der Waals surface area (Å²) in [7, 11) is 0. The van der Waals surface area contributed by atoms with E-state index in [2.05, 4.69) is 108 Å². The number of fused-ring (bicyclic) bond motifs is 7.